The molecule has 2 heterocycles. The van der Waals surface area contributed by atoms with Gasteiger partial charge < -0.3 is 10.2 Å². The van der Waals surface area contributed by atoms with Crippen LogP contribution in [0, 0.1) is 0 Å². The summed E-state index contributed by atoms with van der Waals surface area (Å²) in [6.07, 6.45) is 9.16. The van der Waals surface area contributed by atoms with Crippen molar-refractivity contribution in [3.63, 3.8) is 0 Å². The molecular weight excluding hydrogens is 514 g/mol. The van der Waals surface area contributed by atoms with Crippen molar-refractivity contribution in [3.8, 4) is 0 Å². The number of hydrogen-bond acceptors (Lipinski definition) is 5. The van der Waals surface area contributed by atoms with E-state index in [4.69, 9.17) is 11.6 Å². The lowest BCUT2D eigenvalue weighted by Gasteiger charge is -2.38. The number of thiophene rings is 1. The number of carbonyl (C=O) groups is 1. The second-order valence-electron chi connectivity index (χ2n) is 9.50. The molecule has 1 saturated heterocycles. The topological polar surface area (TPSA) is 69.7 Å². The smallest absolute Gasteiger partial charge is 0.252 e. The number of sulfonamides is 1. The first-order valence-corrected chi connectivity index (χ1v) is 15.8. The number of nitrogens with one attached hydrogen (secondary N) is 1. The molecule has 0 spiro atoms. The Bertz CT molecular complexity index is 1050. The number of piperidine rings is 1. The number of carbonyl (C=O) groups excluding carboxylic acids is 1. The van der Waals surface area contributed by atoms with Gasteiger partial charge in [-0.1, -0.05) is 51.1 Å². The van der Waals surface area contributed by atoms with Gasteiger partial charge in [-0.3, -0.25) is 4.79 Å². The minimum atomic E-state index is -3.52. The molecule has 1 N–H and O–H groups in total. The molecule has 9 heteroatoms. The average Bonchev–Trinajstić information content (AvgIpc) is 3.37. The SMILES string of the molecule is CCCCCCN(CCCC)C1CCN(S(=O)(=O)c2ccc(CNC(=O)c3ccc(Cl)cc3)s2)CC1. The van der Waals surface area contributed by atoms with Crippen LogP contribution < -0.4 is 5.32 Å². The van der Waals surface area contributed by atoms with E-state index >= 15 is 0 Å². The molecule has 1 aliphatic rings. The molecular formula is C27H40ClN3O3S2. The molecule has 0 aliphatic carbocycles. The van der Waals surface area contributed by atoms with Gasteiger partial charge >= 0.3 is 0 Å². The van der Waals surface area contributed by atoms with E-state index in [-0.39, 0.29) is 12.5 Å². The van der Waals surface area contributed by atoms with Crippen molar-refractivity contribution in [3.05, 3.63) is 51.9 Å². The highest BCUT2D eigenvalue weighted by molar-refractivity contribution is 7.91. The Kier molecular flexibility index (Phi) is 11.7. The molecule has 1 fully saturated rings. The maximum Gasteiger partial charge on any atom is 0.252 e. The highest BCUT2D eigenvalue weighted by atomic mass is 35.5. The Labute approximate surface area is 226 Å². The molecule has 1 amide bonds. The van der Waals surface area contributed by atoms with Gasteiger partial charge in [0.25, 0.3) is 15.9 Å². The molecule has 6 nitrogen and oxygen atoms in total. The van der Waals surface area contributed by atoms with Crippen molar-refractivity contribution in [1.29, 1.82) is 0 Å². The lowest BCUT2D eigenvalue weighted by molar-refractivity contribution is 0.0951. The molecule has 1 aromatic carbocycles. The molecule has 36 heavy (non-hydrogen) atoms. The largest absolute Gasteiger partial charge is 0.347 e. The monoisotopic (exact) mass is 553 g/mol. The van der Waals surface area contributed by atoms with Gasteiger partial charge in [0, 0.05) is 34.6 Å². The summed E-state index contributed by atoms with van der Waals surface area (Å²) in [7, 11) is -3.52. The number of halogens is 1. The Morgan fingerprint density at radius 3 is 2.33 bits per heavy atom. The van der Waals surface area contributed by atoms with Crippen LogP contribution in [0.5, 0.6) is 0 Å². The van der Waals surface area contributed by atoms with Crippen LogP contribution in [0.25, 0.3) is 0 Å². The quantitative estimate of drug-likeness (QED) is 0.284. The van der Waals surface area contributed by atoms with Gasteiger partial charge in [-0.2, -0.15) is 4.31 Å². The molecule has 200 valence electrons. The fourth-order valence-corrected chi connectivity index (χ4v) is 7.66. The van der Waals surface area contributed by atoms with Crippen molar-refractivity contribution < 1.29 is 13.2 Å². The lowest BCUT2D eigenvalue weighted by atomic mass is 10.0. The van der Waals surface area contributed by atoms with Crippen LogP contribution in [0.15, 0.2) is 40.6 Å². The molecule has 0 saturated carbocycles. The Morgan fingerprint density at radius 1 is 1.00 bits per heavy atom. The highest BCUT2D eigenvalue weighted by Crippen LogP contribution is 2.28. The van der Waals surface area contributed by atoms with Gasteiger partial charge in [0.05, 0.1) is 6.54 Å². The summed E-state index contributed by atoms with van der Waals surface area (Å²) < 4.78 is 28.6. The molecule has 2 aromatic rings. The van der Waals surface area contributed by atoms with Crippen molar-refractivity contribution in [1.82, 2.24) is 14.5 Å². The number of amides is 1. The molecule has 1 aromatic heterocycles. The van der Waals surface area contributed by atoms with Gasteiger partial charge in [0.2, 0.25) is 0 Å². The van der Waals surface area contributed by atoms with Crippen LogP contribution in [0.3, 0.4) is 0 Å². The first-order chi connectivity index (χ1) is 17.3. The summed E-state index contributed by atoms with van der Waals surface area (Å²) in [5, 5.41) is 3.43. The average molecular weight is 554 g/mol. The number of hydrogen-bond donors (Lipinski definition) is 1. The van der Waals surface area contributed by atoms with Crippen LogP contribution >= 0.6 is 22.9 Å². The number of unbranched alkanes of at least 4 members (excludes halogenated alkanes) is 4. The predicted molar refractivity (Wildman–Crippen MR) is 149 cm³/mol. The van der Waals surface area contributed by atoms with Crippen LogP contribution in [0.4, 0.5) is 0 Å². The third-order valence-corrected chi connectivity index (χ3v) is 10.5. The Morgan fingerprint density at radius 2 is 1.67 bits per heavy atom. The van der Waals surface area contributed by atoms with Gasteiger partial charge in [-0.15, -0.1) is 11.3 Å². The second kappa shape index (κ2) is 14.5. The number of benzene rings is 1. The molecule has 0 radical (unpaired) electrons. The zero-order valence-corrected chi connectivity index (χ0v) is 23.9. The van der Waals surface area contributed by atoms with Crippen molar-refractivity contribution in [2.75, 3.05) is 26.2 Å². The van der Waals surface area contributed by atoms with E-state index in [1.165, 1.54) is 49.9 Å². The minimum Gasteiger partial charge on any atom is -0.347 e. The molecule has 0 unspecified atom stereocenters. The van der Waals surface area contributed by atoms with E-state index < -0.39 is 10.0 Å². The van der Waals surface area contributed by atoms with Crippen molar-refractivity contribution in [2.24, 2.45) is 0 Å². The zero-order valence-electron chi connectivity index (χ0n) is 21.5. The maximum atomic E-state index is 13.3. The first-order valence-electron chi connectivity index (χ1n) is 13.2. The van der Waals surface area contributed by atoms with E-state index in [1.807, 2.05) is 0 Å². The minimum absolute atomic E-state index is 0.214. The fourth-order valence-electron chi connectivity index (χ4n) is 4.62. The van der Waals surface area contributed by atoms with Crippen molar-refractivity contribution in [2.45, 2.75) is 82.0 Å². The van der Waals surface area contributed by atoms with Crippen LogP contribution in [-0.4, -0.2) is 55.8 Å². The van der Waals surface area contributed by atoms with Crippen LogP contribution in [-0.2, 0) is 16.6 Å². The summed E-state index contributed by atoms with van der Waals surface area (Å²) in [5.41, 5.74) is 0.519. The van der Waals surface area contributed by atoms with E-state index in [0.29, 0.717) is 33.9 Å². The summed E-state index contributed by atoms with van der Waals surface area (Å²) >= 11 is 7.11. The third kappa shape index (κ3) is 8.28. The molecule has 0 bridgehead atoms. The van der Waals surface area contributed by atoms with Gasteiger partial charge in [-0.25, -0.2) is 8.42 Å². The Hall–Kier alpha value is -1.45. The van der Waals surface area contributed by atoms with Crippen LogP contribution in [0.1, 0.15) is 80.4 Å². The summed E-state index contributed by atoms with van der Waals surface area (Å²) in [6.45, 7) is 8.09. The summed E-state index contributed by atoms with van der Waals surface area (Å²) in [6, 6.07) is 10.6. The van der Waals surface area contributed by atoms with Crippen molar-refractivity contribution >= 4 is 38.9 Å². The molecule has 0 atom stereocenters. The lowest BCUT2D eigenvalue weighted by Crippen LogP contribution is -2.47. The predicted octanol–water partition coefficient (Wildman–Crippen LogP) is 6.17. The molecule has 3 rings (SSSR count). The number of rotatable bonds is 14. The van der Waals surface area contributed by atoms with E-state index in [9.17, 15) is 13.2 Å². The van der Waals surface area contributed by atoms with Crippen LogP contribution in [0.2, 0.25) is 5.02 Å². The highest BCUT2D eigenvalue weighted by Gasteiger charge is 2.32. The summed E-state index contributed by atoms with van der Waals surface area (Å²) in [4.78, 5) is 15.8. The van der Waals surface area contributed by atoms with Gasteiger partial charge in [0.15, 0.2) is 0 Å². The van der Waals surface area contributed by atoms with E-state index in [0.717, 1.165) is 30.8 Å². The summed E-state index contributed by atoms with van der Waals surface area (Å²) in [5.74, 6) is -0.214. The first kappa shape index (κ1) is 29.1. The zero-order chi connectivity index (χ0) is 26.0. The third-order valence-electron chi connectivity index (χ3n) is 6.80. The van der Waals surface area contributed by atoms with E-state index in [1.54, 1.807) is 40.7 Å². The fraction of sp³-hybridized carbons (Fsp3) is 0.593. The molecule has 1 aliphatic heterocycles. The second-order valence-corrected chi connectivity index (χ2v) is 13.3. The normalized spacial score (nSPS) is 15.4. The standard InChI is InChI=1S/C27H40ClN3O3S2/c1-3-5-7-8-18-30(17-6-4-2)24-15-19-31(20-16-24)36(33,34)26-14-13-25(35-26)21-29-27(32)22-9-11-23(28)12-10-22/h9-14,24H,3-8,15-21H2,1-2H3,(H,29,32). The van der Waals surface area contributed by atoms with E-state index in [2.05, 4.69) is 24.1 Å². The maximum absolute atomic E-state index is 13.3. The van der Waals surface area contributed by atoms with Gasteiger partial charge in [0.1, 0.15) is 4.21 Å². The van der Waals surface area contributed by atoms with Gasteiger partial charge in [-0.05, 0) is 75.2 Å². The Balaban J connectivity index is 1.53. The number of nitrogens with zero attached hydrogens (tertiary/aromatic N) is 2.